The van der Waals surface area contributed by atoms with Gasteiger partial charge in [0.25, 0.3) is 0 Å². The molecule has 0 N–H and O–H groups in total. The third-order valence-electron chi connectivity index (χ3n) is 19.2. The predicted octanol–water partition coefficient (Wildman–Crippen LogP) is 30.9. The number of halogens is 24. The van der Waals surface area contributed by atoms with Gasteiger partial charge < -0.3 is 26.7 Å². The van der Waals surface area contributed by atoms with Crippen LogP contribution in [0.1, 0.15) is 305 Å². The van der Waals surface area contributed by atoms with Crippen LogP contribution in [0.3, 0.4) is 0 Å². The Morgan fingerprint density at radius 3 is 0.857 bits per heavy atom. The number of hydrogen-bond acceptors (Lipinski definition) is 12. The maximum atomic E-state index is 14.1. The molecule has 0 aliphatic rings. The van der Waals surface area contributed by atoms with Crippen molar-refractivity contribution in [3.63, 3.8) is 0 Å². The molecule has 0 amide bonds. The molecule has 6 heterocycles. The maximum Gasteiger partial charge on any atom is 0.229 e. The van der Waals surface area contributed by atoms with Crippen LogP contribution < -0.4 is 0 Å². The van der Waals surface area contributed by atoms with Gasteiger partial charge in [0.15, 0.2) is 163 Å². The standard InChI is InChI=1S/6C15H15F4NO/c1-6(2)9-10(8-5-21-15(20-8)7(3)4)12(17)14(19)13(18)11(9)16;1-6(2)9-10(8-5-20-15(21-8)7(3)4)12(17)14(19)13(18)11(9)16;1-6(2)9-5-8(20-21-9)11-10(7(3)4)12(16)14(18)15(19)13(11)17;1-6(2)8-5-21-15(20-8)10-9(7(3)4)11(16)13(18)14(19)12(10)17;1-6(2)8-5-20-15(21-8)10-9(7(3)4)11(16)13(18)14(19)12(10)17;1-6(2)8-5-9(21-20-8)11-10(7(3)4)12(16)14(18)15(19)13(11)17/h6*5-7H,1-4H3. The molecule has 0 spiro atoms. The minimum absolute atomic E-state index is 0.00297. The molecule has 0 aliphatic carbocycles. The first-order chi connectivity index (χ1) is 58.5. The Morgan fingerprint density at radius 1 is 0.222 bits per heavy atom. The fourth-order valence-electron chi connectivity index (χ4n) is 12.6. The minimum atomic E-state index is -1.86. The van der Waals surface area contributed by atoms with Gasteiger partial charge in [-0.2, -0.15) is 0 Å². The van der Waals surface area contributed by atoms with Crippen LogP contribution in [0.25, 0.3) is 68.1 Å². The van der Waals surface area contributed by atoms with Gasteiger partial charge in [-0.25, -0.2) is 125 Å². The molecule has 0 unspecified atom stereocenters. The van der Waals surface area contributed by atoms with Crippen molar-refractivity contribution in [2.75, 3.05) is 0 Å². The average Bonchev–Trinajstić information content (AvgIpc) is 1.42. The fraction of sp³-hybridized carbons (Fsp3) is 0.400. The van der Waals surface area contributed by atoms with Crippen LogP contribution in [0.4, 0.5) is 105 Å². The van der Waals surface area contributed by atoms with Crippen LogP contribution in [0.2, 0.25) is 0 Å². The topological polar surface area (TPSA) is 156 Å². The van der Waals surface area contributed by atoms with Crippen LogP contribution in [-0.2, 0) is 0 Å². The molecule has 126 heavy (non-hydrogen) atoms. The summed E-state index contributed by atoms with van der Waals surface area (Å²) < 4.78 is 361. The molecule has 12 aromatic rings. The first-order valence-corrected chi connectivity index (χ1v) is 39.4. The highest BCUT2D eigenvalue weighted by Gasteiger charge is 2.37. The van der Waals surface area contributed by atoms with Gasteiger partial charge in [0.1, 0.15) is 35.4 Å². The van der Waals surface area contributed by atoms with E-state index in [0.717, 1.165) is 6.26 Å². The van der Waals surface area contributed by atoms with Crippen molar-refractivity contribution in [3.05, 3.63) is 245 Å². The van der Waals surface area contributed by atoms with Gasteiger partial charge in [0.05, 0.1) is 46.0 Å². The van der Waals surface area contributed by atoms with E-state index in [1.54, 1.807) is 111 Å². The zero-order valence-electron chi connectivity index (χ0n) is 72.6. The zero-order valence-corrected chi connectivity index (χ0v) is 72.6. The SMILES string of the molecule is CC(C)c1cc(-c2c(F)c(F)c(F)c(F)c2C(C)C)no1.CC(C)c1cc(-c2c(F)c(F)c(F)c(F)c2C(C)C)on1.CC(C)c1cnc(-c2c(F)c(F)c(F)c(F)c2C(C)C)o1.CC(C)c1coc(-c2c(F)c(F)c(F)c(F)c2C(C)C)n1.CC(C)c1nc(-c2c(F)c(F)c(F)c(F)c2C(C)C)co1.CC(C)c1ncc(-c2c(F)c(F)c(F)c(F)c2C(C)C)o1. The first-order valence-electron chi connectivity index (χ1n) is 39.4. The molecule has 36 heteroatoms. The van der Waals surface area contributed by atoms with E-state index in [0.29, 0.717) is 34.7 Å². The fourth-order valence-corrected chi connectivity index (χ4v) is 12.6. The third kappa shape index (κ3) is 21.1. The Hall–Kier alpha value is -11.1. The van der Waals surface area contributed by atoms with Crippen LogP contribution >= 0.6 is 0 Å². The Balaban J connectivity index is 0.000000207. The quantitative estimate of drug-likeness (QED) is 0.0456. The summed E-state index contributed by atoms with van der Waals surface area (Å²) in [6.07, 6.45) is 4.97. The monoisotopic (exact) mass is 1810 g/mol. The summed E-state index contributed by atoms with van der Waals surface area (Å²) in [5.41, 5.74) is -3.21. The van der Waals surface area contributed by atoms with Crippen LogP contribution in [0.15, 0.2) is 63.8 Å². The largest absolute Gasteiger partial charge is 0.448 e. The van der Waals surface area contributed by atoms with Crippen molar-refractivity contribution in [2.45, 2.75) is 237 Å². The number of nitrogens with zero attached hydrogens (tertiary/aromatic N) is 6. The van der Waals surface area contributed by atoms with E-state index in [4.69, 9.17) is 26.7 Å². The second-order valence-corrected chi connectivity index (χ2v) is 32.6. The van der Waals surface area contributed by atoms with Crippen molar-refractivity contribution in [2.24, 2.45) is 0 Å². The predicted molar refractivity (Wildman–Crippen MR) is 420 cm³/mol. The van der Waals surface area contributed by atoms with Crippen molar-refractivity contribution in [1.82, 2.24) is 30.2 Å². The van der Waals surface area contributed by atoms with E-state index < -0.39 is 209 Å². The molecular weight excluding hydrogens is 1720 g/mol. The second kappa shape index (κ2) is 41.6. The third-order valence-corrected chi connectivity index (χ3v) is 19.2. The van der Waals surface area contributed by atoms with Crippen LogP contribution in [-0.4, -0.2) is 30.2 Å². The summed E-state index contributed by atoms with van der Waals surface area (Å²) in [4.78, 5) is 15.9. The molecule has 6 aromatic heterocycles. The molecule has 0 bridgehead atoms. The normalized spacial score (nSPS) is 11.7. The second-order valence-electron chi connectivity index (χ2n) is 32.6. The minimum Gasteiger partial charge on any atom is -0.448 e. The van der Waals surface area contributed by atoms with Crippen molar-refractivity contribution in [3.8, 4) is 68.1 Å². The molecule has 12 nitrogen and oxygen atoms in total. The number of hydrogen-bond donors (Lipinski definition) is 0. The smallest absolute Gasteiger partial charge is 0.229 e. The summed E-state index contributed by atoms with van der Waals surface area (Å²) in [5, 5.41) is 7.39. The van der Waals surface area contributed by atoms with E-state index in [1.807, 2.05) is 55.4 Å². The Labute approximate surface area is 709 Å². The Bertz CT molecular complexity index is 4970. The molecule has 0 aliphatic heterocycles. The average molecular weight is 1810 g/mol. The van der Waals surface area contributed by atoms with E-state index >= 15 is 0 Å². The lowest BCUT2D eigenvalue weighted by atomic mass is 9.93. The number of oxazole rings is 4. The highest BCUT2D eigenvalue weighted by molar-refractivity contribution is 5.69. The molecular formula is C90H90F24N6O6. The van der Waals surface area contributed by atoms with Crippen molar-refractivity contribution < 1.29 is 132 Å². The Morgan fingerprint density at radius 2 is 0.548 bits per heavy atom. The summed E-state index contributed by atoms with van der Waals surface area (Å²) in [6, 6.07) is 2.82. The molecule has 684 valence electrons. The van der Waals surface area contributed by atoms with E-state index in [2.05, 4.69) is 30.2 Å². The van der Waals surface area contributed by atoms with Gasteiger partial charge in [-0.05, 0) is 47.3 Å². The summed E-state index contributed by atoms with van der Waals surface area (Å²) in [7, 11) is 0. The molecule has 6 aromatic carbocycles. The molecule has 0 radical (unpaired) electrons. The summed E-state index contributed by atoms with van der Waals surface area (Å²) >= 11 is 0. The molecule has 0 saturated carbocycles. The maximum absolute atomic E-state index is 14.1. The van der Waals surface area contributed by atoms with Crippen LogP contribution in [0, 0.1) is 140 Å². The Kier molecular flexibility index (Phi) is 33.6. The first kappa shape index (κ1) is 102. The van der Waals surface area contributed by atoms with E-state index in [1.165, 1.54) is 30.8 Å². The molecule has 0 fully saturated rings. The molecule has 12 rings (SSSR count). The number of rotatable bonds is 18. The van der Waals surface area contributed by atoms with E-state index in [-0.39, 0.29) is 104 Å². The van der Waals surface area contributed by atoms with Crippen molar-refractivity contribution >= 4 is 0 Å². The lowest BCUT2D eigenvalue weighted by Gasteiger charge is -2.14. The highest BCUT2D eigenvalue weighted by Crippen LogP contribution is 2.45. The van der Waals surface area contributed by atoms with Gasteiger partial charge in [-0.3, -0.25) is 0 Å². The lowest BCUT2D eigenvalue weighted by Crippen LogP contribution is -2.07. The van der Waals surface area contributed by atoms with Gasteiger partial charge in [0, 0.05) is 80.3 Å². The summed E-state index contributed by atoms with van der Waals surface area (Å²) in [5.74, 6) is -42.0. The number of aromatic nitrogens is 6. The van der Waals surface area contributed by atoms with E-state index in [9.17, 15) is 105 Å². The van der Waals surface area contributed by atoms with Crippen molar-refractivity contribution in [1.29, 1.82) is 0 Å². The molecule has 0 atom stereocenters. The van der Waals surface area contributed by atoms with Gasteiger partial charge in [-0.15, -0.1) is 0 Å². The molecule has 0 saturated heterocycles. The van der Waals surface area contributed by atoms with Gasteiger partial charge >= 0.3 is 0 Å². The van der Waals surface area contributed by atoms with Gasteiger partial charge in [-0.1, -0.05) is 176 Å². The van der Waals surface area contributed by atoms with Gasteiger partial charge in [0.2, 0.25) is 11.8 Å². The van der Waals surface area contributed by atoms with Crippen LogP contribution in [0.5, 0.6) is 0 Å². The lowest BCUT2D eigenvalue weighted by molar-refractivity contribution is 0.371. The highest BCUT2D eigenvalue weighted by atomic mass is 19.2. The summed E-state index contributed by atoms with van der Waals surface area (Å²) in [6.45, 7) is 40.5. The zero-order chi connectivity index (χ0) is 95.4. The number of benzene rings is 6.